The Hall–Kier alpha value is -1.06. The lowest BCUT2D eigenvalue weighted by molar-refractivity contribution is 0.288. The normalized spacial score (nSPS) is 32.5. The highest BCUT2D eigenvalue weighted by Crippen LogP contribution is 2.37. The summed E-state index contributed by atoms with van der Waals surface area (Å²) in [5.74, 6) is 0.531. The Kier molecular flexibility index (Phi) is 2.37. The molecule has 0 radical (unpaired) electrons. The van der Waals surface area contributed by atoms with Gasteiger partial charge in [-0.3, -0.25) is 0 Å². The van der Waals surface area contributed by atoms with Crippen molar-refractivity contribution in [2.75, 3.05) is 18.4 Å². The molecule has 86 valence electrons. The zero-order valence-electron chi connectivity index (χ0n) is 9.66. The molecule has 3 atom stereocenters. The van der Waals surface area contributed by atoms with E-state index < -0.39 is 0 Å². The molecule has 1 fully saturated rings. The fraction of sp³-hybridized carbons (Fsp3) is 0.538. The second-order valence-corrected chi connectivity index (χ2v) is 5.02. The molecule has 0 amide bonds. The summed E-state index contributed by atoms with van der Waals surface area (Å²) >= 11 is 0. The van der Waals surface area contributed by atoms with Crippen LogP contribution in [-0.4, -0.2) is 19.1 Å². The predicted octanol–water partition coefficient (Wildman–Crippen LogP) is 1.40. The maximum atomic E-state index is 6.37. The minimum atomic E-state index is 0.176. The van der Waals surface area contributed by atoms with Gasteiger partial charge < -0.3 is 16.4 Å². The van der Waals surface area contributed by atoms with Gasteiger partial charge in [0, 0.05) is 30.2 Å². The molecule has 1 aromatic carbocycles. The number of aryl methyl sites for hydroxylation is 1. The van der Waals surface area contributed by atoms with Crippen LogP contribution in [0.15, 0.2) is 18.2 Å². The van der Waals surface area contributed by atoms with Crippen molar-refractivity contribution in [2.45, 2.75) is 25.4 Å². The average Bonchev–Trinajstić information content (AvgIpc) is 2.29. The minimum absolute atomic E-state index is 0.176. The van der Waals surface area contributed by atoms with Crippen molar-refractivity contribution in [2.24, 2.45) is 11.7 Å². The minimum Gasteiger partial charge on any atom is -0.382 e. The SMILES string of the molecule is Cc1ccc2c(c1)NC1CCNCC1C2N. The highest BCUT2D eigenvalue weighted by atomic mass is 15.0. The van der Waals surface area contributed by atoms with Gasteiger partial charge in [0.25, 0.3) is 0 Å². The Labute approximate surface area is 96.4 Å². The number of hydrogen-bond donors (Lipinski definition) is 3. The Morgan fingerprint density at radius 3 is 3.12 bits per heavy atom. The fourth-order valence-electron chi connectivity index (χ4n) is 2.96. The van der Waals surface area contributed by atoms with Crippen molar-refractivity contribution in [1.82, 2.24) is 5.32 Å². The zero-order chi connectivity index (χ0) is 11.1. The second kappa shape index (κ2) is 3.75. The standard InChI is InChI=1S/C13H19N3/c1-8-2-3-9-12(6-8)16-11-4-5-15-7-10(11)13(9)14/h2-3,6,10-11,13,15-16H,4-5,7,14H2,1H3. The topological polar surface area (TPSA) is 50.1 Å². The van der Waals surface area contributed by atoms with Crippen LogP contribution in [-0.2, 0) is 0 Å². The number of benzene rings is 1. The van der Waals surface area contributed by atoms with Gasteiger partial charge in [-0.1, -0.05) is 12.1 Å². The Bertz CT molecular complexity index is 402. The Balaban J connectivity index is 1.99. The van der Waals surface area contributed by atoms with Crippen LogP contribution in [0.5, 0.6) is 0 Å². The molecule has 2 aliphatic rings. The highest BCUT2D eigenvalue weighted by molar-refractivity contribution is 5.57. The molecule has 1 aromatic rings. The molecular formula is C13H19N3. The van der Waals surface area contributed by atoms with Gasteiger partial charge in [0.1, 0.15) is 0 Å². The van der Waals surface area contributed by atoms with E-state index in [2.05, 4.69) is 35.8 Å². The lowest BCUT2D eigenvalue weighted by Crippen LogP contribution is -2.51. The number of fused-ring (bicyclic) bond motifs is 2. The first-order valence-electron chi connectivity index (χ1n) is 6.09. The second-order valence-electron chi connectivity index (χ2n) is 5.02. The third-order valence-electron chi connectivity index (χ3n) is 3.90. The average molecular weight is 217 g/mol. The lowest BCUT2D eigenvalue weighted by Gasteiger charge is -2.42. The van der Waals surface area contributed by atoms with Gasteiger partial charge in [0.05, 0.1) is 0 Å². The monoisotopic (exact) mass is 217 g/mol. The van der Waals surface area contributed by atoms with Crippen LogP contribution in [0.25, 0.3) is 0 Å². The summed E-state index contributed by atoms with van der Waals surface area (Å²) in [6.07, 6.45) is 1.17. The molecule has 2 heterocycles. The fourth-order valence-corrected chi connectivity index (χ4v) is 2.96. The molecule has 0 bridgehead atoms. The van der Waals surface area contributed by atoms with Crippen LogP contribution in [0, 0.1) is 12.8 Å². The van der Waals surface area contributed by atoms with Crippen molar-refractivity contribution in [3.05, 3.63) is 29.3 Å². The van der Waals surface area contributed by atoms with E-state index in [0.717, 1.165) is 13.1 Å². The van der Waals surface area contributed by atoms with E-state index in [1.165, 1.54) is 23.2 Å². The maximum Gasteiger partial charge on any atom is 0.0393 e. The Morgan fingerprint density at radius 1 is 1.38 bits per heavy atom. The third kappa shape index (κ3) is 1.51. The van der Waals surface area contributed by atoms with Crippen LogP contribution in [0.2, 0.25) is 0 Å². The van der Waals surface area contributed by atoms with Crippen LogP contribution in [0.3, 0.4) is 0 Å². The number of piperidine rings is 1. The van der Waals surface area contributed by atoms with E-state index in [1.807, 2.05) is 0 Å². The van der Waals surface area contributed by atoms with Gasteiger partial charge in [0.15, 0.2) is 0 Å². The molecule has 3 unspecified atom stereocenters. The maximum absolute atomic E-state index is 6.37. The van der Waals surface area contributed by atoms with Gasteiger partial charge >= 0.3 is 0 Å². The van der Waals surface area contributed by atoms with Crippen molar-refractivity contribution in [1.29, 1.82) is 0 Å². The number of nitrogens with one attached hydrogen (secondary N) is 2. The van der Waals surface area contributed by atoms with E-state index in [9.17, 15) is 0 Å². The first-order chi connectivity index (χ1) is 7.75. The number of hydrogen-bond acceptors (Lipinski definition) is 3. The molecule has 0 saturated carbocycles. The van der Waals surface area contributed by atoms with E-state index in [0.29, 0.717) is 12.0 Å². The molecular weight excluding hydrogens is 198 g/mol. The van der Waals surface area contributed by atoms with Gasteiger partial charge in [-0.05, 0) is 37.1 Å². The van der Waals surface area contributed by atoms with Crippen molar-refractivity contribution in [3.63, 3.8) is 0 Å². The predicted molar refractivity (Wildman–Crippen MR) is 66.5 cm³/mol. The van der Waals surface area contributed by atoms with Crippen molar-refractivity contribution < 1.29 is 0 Å². The first kappa shape index (κ1) is 10.1. The summed E-state index contributed by atoms with van der Waals surface area (Å²) < 4.78 is 0. The summed E-state index contributed by atoms with van der Waals surface area (Å²) in [4.78, 5) is 0. The molecule has 0 aliphatic carbocycles. The largest absolute Gasteiger partial charge is 0.382 e. The first-order valence-corrected chi connectivity index (χ1v) is 6.09. The molecule has 16 heavy (non-hydrogen) atoms. The smallest absolute Gasteiger partial charge is 0.0393 e. The number of rotatable bonds is 0. The molecule has 0 aromatic heterocycles. The van der Waals surface area contributed by atoms with E-state index in [-0.39, 0.29) is 6.04 Å². The van der Waals surface area contributed by atoms with Crippen LogP contribution in [0.4, 0.5) is 5.69 Å². The summed E-state index contributed by atoms with van der Waals surface area (Å²) in [6.45, 7) is 4.26. The molecule has 3 nitrogen and oxygen atoms in total. The van der Waals surface area contributed by atoms with E-state index in [4.69, 9.17) is 5.73 Å². The van der Waals surface area contributed by atoms with Crippen molar-refractivity contribution in [3.8, 4) is 0 Å². The van der Waals surface area contributed by atoms with Crippen LogP contribution >= 0.6 is 0 Å². The van der Waals surface area contributed by atoms with Gasteiger partial charge in [-0.25, -0.2) is 0 Å². The summed E-state index contributed by atoms with van der Waals surface area (Å²) in [7, 11) is 0. The van der Waals surface area contributed by atoms with Crippen LogP contribution < -0.4 is 16.4 Å². The summed E-state index contributed by atoms with van der Waals surface area (Å²) in [5.41, 5.74) is 10.2. The highest BCUT2D eigenvalue weighted by Gasteiger charge is 2.35. The summed E-state index contributed by atoms with van der Waals surface area (Å²) in [6, 6.07) is 7.26. The third-order valence-corrected chi connectivity index (χ3v) is 3.90. The summed E-state index contributed by atoms with van der Waals surface area (Å²) in [5, 5.41) is 7.09. The zero-order valence-corrected chi connectivity index (χ0v) is 9.66. The molecule has 3 heteroatoms. The molecule has 4 N–H and O–H groups in total. The molecule has 3 rings (SSSR count). The Morgan fingerprint density at radius 2 is 2.25 bits per heavy atom. The van der Waals surface area contributed by atoms with Gasteiger partial charge in [-0.2, -0.15) is 0 Å². The van der Waals surface area contributed by atoms with E-state index >= 15 is 0 Å². The molecule has 2 aliphatic heterocycles. The quantitative estimate of drug-likeness (QED) is 0.615. The number of nitrogens with two attached hydrogens (primary N) is 1. The van der Waals surface area contributed by atoms with Crippen LogP contribution in [0.1, 0.15) is 23.6 Å². The molecule has 1 saturated heterocycles. The number of anilines is 1. The van der Waals surface area contributed by atoms with Gasteiger partial charge in [-0.15, -0.1) is 0 Å². The lowest BCUT2D eigenvalue weighted by atomic mass is 9.79. The molecule has 0 spiro atoms. The van der Waals surface area contributed by atoms with Gasteiger partial charge in [0.2, 0.25) is 0 Å². The van der Waals surface area contributed by atoms with Crippen molar-refractivity contribution >= 4 is 5.69 Å². The van der Waals surface area contributed by atoms with E-state index in [1.54, 1.807) is 0 Å².